The summed E-state index contributed by atoms with van der Waals surface area (Å²) in [6, 6.07) is 14.5. The Morgan fingerprint density at radius 1 is 1.14 bits per heavy atom. The van der Waals surface area contributed by atoms with Crippen LogP contribution in [0.25, 0.3) is 5.69 Å². The Hall–Kier alpha value is -2.47. The van der Waals surface area contributed by atoms with E-state index >= 15 is 0 Å². The Morgan fingerprint density at radius 2 is 1.90 bits per heavy atom. The van der Waals surface area contributed by atoms with E-state index in [0.717, 1.165) is 5.69 Å². The van der Waals surface area contributed by atoms with Crippen LogP contribution in [-0.2, 0) is 0 Å². The molecule has 104 valence electrons. The number of nitrogens with two attached hydrogens (primary N) is 1. The molecule has 0 unspecified atom stereocenters. The van der Waals surface area contributed by atoms with Gasteiger partial charge >= 0.3 is 0 Å². The Labute approximate surface area is 129 Å². The van der Waals surface area contributed by atoms with Gasteiger partial charge in [0, 0.05) is 15.7 Å². The van der Waals surface area contributed by atoms with E-state index in [1.165, 1.54) is 10.9 Å². The van der Waals surface area contributed by atoms with Gasteiger partial charge in [0.15, 0.2) is 0 Å². The molecule has 2 aromatic carbocycles. The summed E-state index contributed by atoms with van der Waals surface area (Å²) in [6.07, 6.45) is 1.45. The minimum Gasteiger partial charge on any atom is -0.399 e. The lowest BCUT2D eigenvalue weighted by molar-refractivity contribution is 0.103. The van der Waals surface area contributed by atoms with E-state index in [2.05, 4.69) is 26.2 Å². The standard InChI is InChI=1S/C15H11BrN4O/c16-13-7-6-10(17)8-12(13)15(21)14-9-18-19-20(14)11-4-2-1-3-5-11/h1-9H,17H2. The van der Waals surface area contributed by atoms with Crippen LogP contribution in [0.15, 0.2) is 59.2 Å². The smallest absolute Gasteiger partial charge is 0.214 e. The highest BCUT2D eigenvalue weighted by Crippen LogP contribution is 2.23. The molecule has 21 heavy (non-hydrogen) atoms. The average Bonchev–Trinajstić information content (AvgIpc) is 2.99. The SMILES string of the molecule is Nc1ccc(Br)c(C(=O)c2cnnn2-c2ccccc2)c1. The molecule has 0 bridgehead atoms. The molecular weight excluding hydrogens is 332 g/mol. The van der Waals surface area contributed by atoms with Crippen LogP contribution >= 0.6 is 15.9 Å². The van der Waals surface area contributed by atoms with E-state index in [0.29, 0.717) is 21.4 Å². The van der Waals surface area contributed by atoms with E-state index in [1.54, 1.807) is 18.2 Å². The van der Waals surface area contributed by atoms with E-state index < -0.39 is 0 Å². The minimum absolute atomic E-state index is 0.192. The lowest BCUT2D eigenvalue weighted by Crippen LogP contribution is -2.11. The van der Waals surface area contributed by atoms with Crippen molar-refractivity contribution in [3.63, 3.8) is 0 Å². The number of rotatable bonds is 3. The number of hydrogen-bond donors (Lipinski definition) is 1. The van der Waals surface area contributed by atoms with Gasteiger partial charge in [0.1, 0.15) is 5.69 Å². The van der Waals surface area contributed by atoms with Gasteiger partial charge in [-0.25, -0.2) is 4.68 Å². The first-order valence-corrected chi connectivity index (χ1v) is 7.02. The summed E-state index contributed by atoms with van der Waals surface area (Å²) in [7, 11) is 0. The lowest BCUT2D eigenvalue weighted by Gasteiger charge is -2.07. The van der Waals surface area contributed by atoms with Crippen LogP contribution in [0.1, 0.15) is 16.1 Å². The normalized spacial score (nSPS) is 10.5. The van der Waals surface area contributed by atoms with Gasteiger partial charge in [0.25, 0.3) is 0 Å². The number of anilines is 1. The summed E-state index contributed by atoms with van der Waals surface area (Å²) in [5.74, 6) is -0.192. The Balaban J connectivity index is 2.08. The fourth-order valence-corrected chi connectivity index (χ4v) is 2.43. The largest absolute Gasteiger partial charge is 0.399 e. The van der Waals surface area contributed by atoms with Gasteiger partial charge < -0.3 is 5.73 Å². The topological polar surface area (TPSA) is 73.8 Å². The molecule has 5 nitrogen and oxygen atoms in total. The quantitative estimate of drug-likeness (QED) is 0.586. The van der Waals surface area contributed by atoms with Crippen molar-refractivity contribution in [1.29, 1.82) is 0 Å². The van der Waals surface area contributed by atoms with E-state index in [-0.39, 0.29) is 5.78 Å². The van der Waals surface area contributed by atoms with Crippen LogP contribution in [0, 0.1) is 0 Å². The molecule has 0 aliphatic heterocycles. The molecule has 2 N–H and O–H groups in total. The number of hydrogen-bond acceptors (Lipinski definition) is 4. The Morgan fingerprint density at radius 3 is 2.67 bits per heavy atom. The maximum atomic E-state index is 12.7. The number of para-hydroxylation sites is 1. The number of nitrogen functional groups attached to an aromatic ring is 1. The first-order valence-electron chi connectivity index (χ1n) is 6.22. The van der Waals surface area contributed by atoms with Gasteiger partial charge in [0.2, 0.25) is 5.78 Å². The van der Waals surface area contributed by atoms with Crippen LogP contribution in [0.4, 0.5) is 5.69 Å². The maximum Gasteiger partial charge on any atom is 0.214 e. The van der Waals surface area contributed by atoms with Gasteiger partial charge in [-0.2, -0.15) is 0 Å². The molecule has 1 heterocycles. The molecule has 3 aromatic rings. The zero-order valence-electron chi connectivity index (χ0n) is 10.9. The second kappa shape index (κ2) is 5.49. The predicted octanol–water partition coefficient (Wildman–Crippen LogP) is 2.84. The second-order valence-corrected chi connectivity index (χ2v) is 5.29. The zero-order valence-corrected chi connectivity index (χ0v) is 12.5. The van der Waals surface area contributed by atoms with Crippen LogP contribution in [0.5, 0.6) is 0 Å². The number of nitrogens with zero attached hydrogens (tertiary/aromatic N) is 3. The van der Waals surface area contributed by atoms with Gasteiger partial charge in [0.05, 0.1) is 11.9 Å². The number of benzene rings is 2. The molecule has 0 atom stereocenters. The molecule has 0 saturated heterocycles. The molecule has 1 aromatic heterocycles. The minimum atomic E-state index is -0.192. The number of aromatic nitrogens is 3. The number of carbonyl (C=O) groups is 1. The van der Waals surface area contributed by atoms with Gasteiger partial charge in [-0.05, 0) is 30.3 Å². The highest BCUT2D eigenvalue weighted by molar-refractivity contribution is 9.10. The van der Waals surface area contributed by atoms with E-state index in [9.17, 15) is 4.79 Å². The average molecular weight is 343 g/mol. The van der Waals surface area contributed by atoms with Crippen molar-refractivity contribution in [3.05, 3.63) is 70.5 Å². The van der Waals surface area contributed by atoms with Crippen molar-refractivity contribution in [2.24, 2.45) is 0 Å². The predicted molar refractivity (Wildman–Crippen MR) is 83.3 cm³/mol. The van der Waals surface area contributed by atoms with Gasteiger partial charge in [-0.1, -0.05) is 39.3 Å². The van der Waals surface area contributed by atoms with Crippen molar-refractivity contribution < 1.29 is 4.79 Å². The van der Waals surface area contributed by atoms with Crippen molar-refractivity contribution in [2.75, 3.05) is 5.73 Å². The van der Waals surface area contributed by atoms with E-state index in [1.807, 2.05) is 30.3 Å². The second-order valence-electron chi connectivity index (χ2n) is 4.44. The molecule has 0 amide bonds. The highest BCUT2D eigenvalue weighted by Gasteiger charge is 2.19. The molecule has 0 fully saturated rings. The summed E-state index contributed by atoms with van der Waals surface area (Å²) in [5.41, 5.74) is 7.92. The van der Waals surface area contributed by atoms with Crippen LogP contribution in [0.2, 0.25) is 0 Å². The monoisotopic (exact) mass is 342 g/mol. The number of ketones is 1. The fraction of sp³-hybridized carbons (Fsp3) is 0. The first kappa shape index (κ1) is 13.5. The van der Waals surface area contributed by atoms with Crippen molar-refractivity contribution in [1.82, 2.24) is 15.0 Å². The molecule has 0 spiro atoms. The number of carbonyl (C=O) groups excluding carboxylic acids is 1. The van der Waals surface area contributed by atoms with Crippen LogP contribution in [-0.4, -0.2) is 20.8 Å². The summed E-state index contributed by atoms with van der Waals surface area (Å²) in [5, 5.41) is 7.83. The third-order valence-corrected chi connectivity index (χ3v) is 3.71. The van der Waals surface area contributed by atoms with Gasteiger partial charge in [-0.3, -0.25) is 4.79 Å². The van der Waals surface area contributed by atoms with Crippen LogP contribution in [0.3, 0.4) is 0 Å². The summed E-state index contributed by atoms with van der Waals surface area (Å²) in [6.45, 7) is 0. The lowest BCUT2D eigenvalue weighted by atomic mass is 10.1. The number of halogens is 1. The molecular formula is C15H11BrN4O. The molecule has 6 heteroatoms. The molecule has 0 radical (unpaired) electrons. The summed E-state index contributed by atoms with van der Waals surface area (Å²) in [4.78, 5) is 12.7. The van der Waals surface area contributed by atoms with E-state index in [4.69, 9.17) is 5.73 Å². The molecule has 3 rings (SSSR count). The van der Waals surface area contributed by atoms with Crippen LogP contribution < -0.4 is 5.73 Å². The van der Waals surface area contributed by atoms with Crippen molar-refractivity contribution in [2.45, 2.75) is 0 Å². The first-order chi connectivity index (χ1) is 10.2. The van der Waals surface area contributed by atoms with Gasteiger partial charge in [-0.15, -0.1) is 5.10 Å². The van der Waals surface area contributed by atoms with Crippen molar-refractivity contribution >= 4 is 27.4 Å². The molecule has 0 aliphatic rings. The fourth-order valence-electron chi connectivity index (χ4n) is 2.00. The Kier molecular flexibility index (Phi) is 3.53. The third kappa shape index (κ3) is 2.57. The Bertz CT molecular complexity index is 798. The highest BCUT2D eigenvalue weighted by atomic mass is 79.9. The third-order valence-electron chi connectivity index (χ3n) is 3.02. The maximum absolute atomic E-state index is 12.7. The summed E-state index contributed by atoms with van der Waals surface area (Å²) >= 11 is 3.37. The zero-order chi connectivity index (χ0) is 14.8. The molecule has 0 aliphatic carbocycles. The summed E-state index contributed by atoms with van der Waals surface area (Å²) < 4.78 is 2.19. The van der Waals surface area contributed by atoms with Crippen molar-refractivity contribution in [3.8, 4) is 5.69 Å². The molecule has 0 saturated carbocycles.